The fourth-order valence-electron chi connectivity index (χ4n) is 3.60. The summed E-state index contributed by atoms with van der Waals surface area (Å²) in [5.74, 6) is 0.578. The number of hydrogen-bond acceptors (Lipinski definition) is 8. The molecule has 3 aromatic carbocycles. The summed E-state index contributed by atoms with van der Waals surface area (Å²) in [6.07, 6.45) is 0.633. The highest BCUT2D eigenvalue weighted by molar-refractivity contribution is 7.93. The normalized spacial score (nSPS) is 12.1. The number of thiazole rings is 1. The van der Waals surface area contributed by atoms with Gasteiger partial charge in [-0.15, -0.1) is 11.3 Å². The summed E-state index contributed by atoms with van der Waals surface area (Å²) in [5.41, 5.74) is 7.32. The predicted molar refractivity (Wildman–Crippen MR) is 143 cm³/mol. The first-order chi connectivity index (χ1) is 17.7. The van der Waals surface area contributed by atoms with Crippen LogP contribution >= 0.6 is 22.9 Å². The molecule has 1 atom stereocenters. The molecule has 0 spiro atoms. The Kier molecular flexibility index (Phi) is 8.18. The smallest absolute Gasteiger partial charge is 0.266 e. The van der Waals surface area contributed by atoms with Crippen molar-refractivity contribution < 1.29 is 22.3 Å². The zero-order valence-electron chi connectivity index (χ0n) is 19.9. The highest BCUT2D eigenvalue weighted by atomic mass is 35.5. The lowest BCUT2D eigenvalue weighted by Gasteiger charge is -2.24. The first kappa shape index (κ1) is 26.7. The zero-order chi connectivity index (χ0) is 26.6. The highest BCUT2D eigenvalue weighted by Gasteiger charge is 2.29. The Morgan fingerprint density at radius 2 is 1.92 bits per heavy atom. The van der Waals surface area contributed by atoms with Crippen LogP contribution in [0.15, 0.2) is 77.1 Å². The predicted octanol–water partition coefficient (Wildman–Crippen LogP) is 5.42. The van der Waals surface area contributed by atoms with E-state index in [2.05, 4.69) is 10.3 Å². The molecule has 0 fully saturated rings. The summed E-state index contributed by atoms with van der Waals surface area (Å²) in [6, 6.07) is 15.4. The van der Waals surface area contributed by atoms with Crippen LogP contribution in [0.4, 0.5) is 15.2 Å². The summed E-state index contributed by atoms with van der Waals surface area (Å²) in [7, 11) is -1.07. The third-order valence-electron chi connectivity index (χ3n) is 5.52. The monoisotopic (exact) mass is 562 g/mol. The topological polar surface area (TPSA) is 107 Å². The molecule has 0 bridgehead atoms. The molecule has 1 aromatic heterocycles. The SMILES string of the molecule is COc1ccc(CN(c2nccs2)S(=O)(=O)c2ccc(N[C@@H](N)c3ccccc3F)c(Cl)c2)c(OC)c1. The van der Waals surface area contributed by atoms with E-state index in [9.17, 15) is 12.8 Å². The Morgan fingerprint density at radius 1 is 1.14 bits per heavy atom. The van der Waals surface area contributed by atoms with Gasteiger partial charge in [0.15, 0.2) is 5.13 Å². The molecule has 4 aromatic rings. The lowest BCUT2D eigenvalue weighted by Crippen LogP contribution is -2.30. The Bertz CT molecular complexity index is 1490. The van der Waals surface area contributed by atoms with Gasteiger partial charge in [-0.25, -0.2) is 22.1 Å². The number of halogens is 2. The Balaban J connectivity index is 1.65. The lowest BCUT2D eigenvalue weighted by molar-refractivity contribution is 0.391. The van der Waals surface area contributed by atoms with E-state index in [0.717, 1.165) is 0 Å². The first-order valence-corrected chi connectivity index (χ1v) is 13.6. The van der Waals surface area contributed by atoms with Crippen molar-refractivity contribution in [2.45, 2.75) is 17.6 Å². The van der Waals surface area contributed by atoms with E-state index in [1.165, 1.54) is 60.3 Å². The summed E-state index contributed by atoms with van der Waals surface area (Å²) < 4.78 is 53.6. The minimum atomic E-state index is -4.10. The largest absolute Gasteiger partial charge is 0.497 e. The summed E-state index contributed by atoms with van der Waals surface area (Å²) in [6.45, 7) is -0.0429. The fourth-order valence-corrected chi connectivity index (χ4v) is 6.20. The van der Waals surface area contributed by atoms with Crippen molar-refractivity contribution in [3.05, 3.63) is 94.2 Å². The molecule has 0 saturated heterocycles. The fraction of sp³-hybridized carbons (Fsp3) is 0.160. The second-order valence-electron chi connectivity index (χ2n) is 7.79. The van der Waals surface area contributed by atoms with Crippen molar-refractivity contribution in [3.63, 3.8) is 0 Å². The van der Waals surface area contributed by atoms with E-state index >= 15 is 0 Å². The number of ether oxygens (including phenoxy) is 2. The van der Waals surface area contributed by atoms with E-state index in [4.69, 9.17) is 26.8 Å². The van der Waals surface area contributed by atoms with Crippen LogP contribution in [0.5, 0.6) is 11.5 Å². The molecule has 0 aliphatic rings. The third-order valence-corrected chi connectivity index (χ3v) is 8.48. The number of aromatic nitrogens is 1. The van der Waals surface area contributed by atoms with Gasteiger partial charge in [-0.1, -0.05) is 29.8 Å². The van der Waals surface area contributed by atoms with Gasteiger partial charge in [0.2, 0.25) is 0 Å². The summed E-state index contributed by atoms with van der Waals surface area (Å²) in [5, 5.41) is 5.00. The maximum absolute atomic E-state index is 14.1. The molecule has 194 valence electrons. The van der Waals surface area contributed by atoms with E-state index in [-0.39, 0.29) is 27.2 Å². The number of nitrogens with two attached hydrogens (primary N) is 1. The molecule has 0 radical (unpaired) electrons. The molecule has 0 saturated carbocycles. The molecule has 0 amide bonds. The second-order valence-corrected chi connectivity index (χ2v) is 10.9. The van der Waals surface area contributed by atoms with Gasteiger partial charge in [0.05, 0.1) is 36.4 Å². The van der Waals surface area contributed by atoms with Crippen molar-refractivity contribution in [2.24, 2.45) is 5.73 Å². The minimum Gasteiger partial charge on any atom is -0.497 e. The van der Waals surface area contributed by atoms with Gasteiger partial charge < -0.3 is 20.5 Å². The quantitative estimate of drug-likeness (QED) is 0.249. The summed E-state index contributed by atoms with van der Waals surface area (Å²) >= 11 is 7.62. The van der Waals surface area contributed by atoms with Crippen LogP contribution in [-0.2, 0) is 16.6 Å². The number of anilines is 2. The average Bonchev–Trinajstić information content (AvgIpc) is 3.43. The summed E-state index contributed by atoms with van der Waals surface area (Å²) in [4.78, 5) is 4.17. The first-order valence-electron chi connectivity index (χ1n) is 10.9. The number of hydrogen-bond donors (Lipinski definition) is 2. The number of rotatable bonds is 10. The second kappa shape index (κ2) is 11.3. The average molecular weight is 563 g/mol. The van der Waals surface area contributed by atoms with E-state index in [1.807, 2.05) is 0 Å². The van der Waals surface area contributed by atoms with Crippen molar-refractivity contribution in [1.29, 1.82) is 0 Å². The van der Waals surface area contributed by atoms with Crippen LogP contribution in [0.2, 0.25) is 5.02 Å². The number of methoxy groups -OCH3 is 2. The molecule has 8 nitrogen and oxygen atoms in total. The zero-order valence-corrected chi connectivity index (χ0v) is 22.3. The van der Waals surface area contributed by atoms with E-state index in [1.54, 1.807) is 41.8 Å². The molecule has 3 N–H and O–H groups in total. The van der Waals surface area contributed by atoms with Crippen LogP contribution in [0, 0.1) is 5.82 Å². The van der Waals surface area contributed by atoms with E-state index in [0.29, 0.717) is 22.7 Å². The Labute approximate surface area is 223 Å². The Morgan fingerprint density at radius 3 is 2.57 bits per heavy atom. The Hall–Kier alpha value is -3.38. The molecule has 12 heteroatoms. The van der Waals surface area contributed by atoms with Crippen LogP contribution in [0.1, 0.15) is 17.3 Å². The van der Waals surface area contributed by atoms with Crippen LogP contribution < -0.4 is 24.8 Å². The van der Waals surface area contributed by atoms with Crippen molar-refractivity contribution >= 4 is 43.8 Å². The number of benzene rings is 3. The van der Waals surface area contributed by atoms with Crippen molar-refractivity contribution in [3.8, 4) is 11.5 Å². The number of nitrogens with zero attached hydrogens (tertiary/aromatic N) is 2. The molecule has 4 rings (SSSR count). The molecule has 0 aliphatic carbocycles. The van der Waals surface area contributed by atoms with Gasteiger partial charge in [0.25, 0.3) is 10.0 Å². The molecule has 0 aliphatic heterocycles. The molecule has 1 heterocycles. The molecular formula is C25H24ClFN4O4S2. The van der Waals surface area contributed by atoms with Crippen LogP contribution in [0.25, 0.3) is 0 Å². The molecule has 0 unspecified atom stereocenters. The maximum atomic E-state index is 14.1. The third kappa shape index (κ3) is 5.80. The van der Waals surface area contributed by atoms with Crippen molar-refractivity contribution in [1.82, 2.24) is 4.98 Å². The molecular weight excluding hydrogens is 539 g/mol. The van der Waals surface area contributed by atoms with Crippen molar-refractivity contribution in [2.75, 3.05) is 23.8 Å². The maximum Gasteiger partial charge on any atom is 0.266 e. The minimum absolute atomic E-state index is 0.0429. The van der Waals surface area contributed by atoms with E-state index < -0.39 is 22.0 Å². The highest BCUT2D eigenvalue weighted by Crippen LogP contribution is 2.34. The van der Waals surface area contributed by atoms with Gasteiger partial charge in [-0.05, 0) is 36.4 Å². The van der Waals surface area contributed by atoms with Gasteiger partial charge in [0, 0.05) is 28.8 Å². The van der Waals surface area contributed by atoms with Gasteiger partial charge >= 0.3 is 0 Å². The number of nitrogens with one attached hydrogen (secondary N) is 1. The van der Waals surface area contributed by atoms with Gasteiger partial charge in [-0.2, -0.15) is 0 Å². The van der Waals surface area contributed by atoms with Gasteiger partial charge in [0.1, 0.15) is 23.5 Å². The lowest BCUT2D eigenvalue weighted by atomic mass is 10.1. The van der Waals surface area contributed by atoms with Crippen LogP contribution in [0.3, 0.4) is 0 Å². The number of sulfonamides is 1. The van der Waals surface area contributed by atoms with Crippen LogP contribution in [-0.4, -0.2) is 27.6 Å². The molecule has 37 heavy (non-hydrogen) atoms. The van der Waals surface area contributed by atoms with Gasteiger partial charge in [-0.3, -0.25) is 0 Å². The standard InChI is InChI=1S/C25H24ClFN4O4S2/c1-34-17-8-7-16(23(13-17)35-2)15-31(25-29-11-12-36-25)37(32,33)18-9-10-22(20(26)14-18)30-24(28)19-5-3-4-6-21(19)27/h3-14,24,30H,15,28H2,1-2H3/t24-/m1/s1.